The lowest BCUT2D eigenvalue weighted by molar-refractivity contribution is 0.411. The maximum atomic E-state index is 4.35. The lowest BCUT2D eigenvalue weighted by Crippen LogP contribution is -2.04. The van der Waals surface area contributed by atoms with Crippen molar-refractivity contribution in [2.45, 2.75) is 78.6 Å². The van der Waals surface area contributed by atoms with Crippen molar-refractivity contribution in [3.63, 3.8) is 0 Å². The molecule has 0 saturated carbocycles. The second kappa shape index (κ2) is 9.03. The van der Waals surface area contributed by atoms with Crippen molar-refractivity contribution in [3.8, 4) is 11.1 Å². The first kappa shape index (κ1) is 21.9. The summed E-state index contributed by atoms with van der Waals surface area (Å²) in [5.41, 5.74) is 13.4. The molecule has 0 nitrogen and oxygen atoms in total. The Hall–Kier alpha value is -2.34. The largest absolute Gasteiger partial charge is 0.0952 e. The normalized spacial score (nSPS) is 19.0. The summed E-state index contributed by atoms with van der Waals surface area (Å²) >= 11 is 0. The Kier molecular flexibility index (Phi) is 6.37. The van der Waals surface area contributed by atoms with Gasteiger partial charge in [0.05, 0.1) is 0 Å². The predicted molar refractivity (Wildman–Crippen MR) is 137 cm³/mol. The summed E-state index contributed by atoms with van der Waals surface area (Å²) in [7, 11) is 0. The molecule has 31 heavy (non-hydrogen) atoms. The first-order chi connectivity index (χ1) is 14.7. The lowest BCUT2D eigenvalue weighted by Gasteiger charge is -2.19. The minimum Gasteiger partial charge on any atom is -0.0952 e. The van der Waals surface area contributed by atoms with E-state index in [2.05, 4.69) is 69.0 Å². The molecule has 0 aromatic heterocycles. The highest BCUT2D eigenvalue weighted by Gasteiger charge is 2.33. The number of allylic oxidation sites excluding steroid dienone is 5. The fourth-order valence-corrected chi connectivity index (χ4v) is 6.06. The van der Waals surface area contributed by atoms with Crippen molar-refractivity contribution in [2.75, 3.05) is 0 Å². The fourth-order valence-electron chi connectivity index (χ4n) is 6.06. The third kappa shape index (κ3) is 3.75. The highest BCUT2D eigenvalue weighted by molar-refractivity contribution is 5.89. The molecule has 5 rings (SSSR count). The molecular weight excluding hydrogens is 372 g/mol. The molecule has 0 N–H and O–H groups in total. The molecule has 0 bridgehead atoms. The molecule has 0 fully saturated rings. The smallest absolute Gasteiger partial charge is 0.0102 e. The van der Waals surface area contributed by atoms with Crippen molar-refractivity contribution in [1.29, 1.82) is 0 Å². The van der Waals surface area contributed by atoms with Crippen LogP contribution in [-0.2, 0) is 6.42 Å². The molecule has 0 spiro atoms. The lowest BCUT2D eigenvalue weighted by atomic mass is 9.85. The van der Waals surface area contributed by atoms with Crippen molar-refractivity contribution in [1.82, 2.24) is 0 Å². The summed E-state index contributed by atoms with van der Waals surface area (Å²) in [5, 5.41) is 0. The van der Waals surface area contributed by atoms with Crippen LogP contribution in [0.1, 0.15) is 100.0 Å². The first-order valence-electron chi connectivity index (χ1n) is 12.1. The first-order valence-corrected chi connectivity index (χ1v) is 12.1. The molecule has 0 radical (unpaired) electrons. The van der Waals surface area contributed by atoms with Crippen molar-refractivity contribution in [3.05, 3.63) is 83.0 Å². The Morgan fingerprint density at radius 3 is 2.58 bits per heavy atom. The number of rotatable bonds is 7. The van der Waals surface area contributed by atoms with Gasteiger partial charge in [0.1, 0.15) is 0 Å². The number of hydrogen-bond acceptors (Lipinski definition) is 0. The van der Waals surface area contributed by atoms with Crippen LogP contribution in [-0.4, -0.2) is 0 Å². The van der Waals surface area contributed by atoms with Crippen molar-refractivity contribution >= 4 is 11.1 Å². The predicted octanol–water partition coefficient (Wildman–Crippen LogP) is 9.34. The summed E-state index contributed by atoms with van der Waals surface area (Å²) in [6.07, 6.45) is 16.7. The number of benzene rings is 2. The van der Waals surface area contributed by atoms with E-state index < -0.39 is 0 Å². The van der Waals surface area contributed by atoms with Crippen molar-refractivity contribution in [2.24, 2.45) is 5.92 Å². The molecule has 0 heterocycles. The summed E-state index contributed by atoms with van der Waals surface area (Å²) in [4.78, 5) is 0. The van der Waals surface area contributed by atoms with E-state index in [1.165, 1.54) is 59.9 Å². The van der Waals surface area contributed by atoms with E-state index in [4.69, 9.17) is 0 Å². The maximum absolute atomic E-state index is 4.35. The van der Waals surface area contributed by atoms with Crippen LogP contribution >= 0.6 is 0 Å². The van der Waals surface area contributed by atoms with Gasteiger partial charge in [0.2, 0.25) is 0 Å². The van der Waals surface area contributed by atoms with Gasteiger partial charge in [0.25, 0.3) is 0 Å². The van der Waals surface area contributed by atoms with Gasteiger partial charge < -0.3 is 0 Å². The van der Waals surface area contributed by atoms with E-state index in [0.717, 1.165) is 25.2 Å². The summed E-state index contributed by atoms with van der Waals surface area (Å²) in [6, 6.07) is 12.1. The van der Waals surface area contributed by atoms with E-state index in [1.807, 2.05) is 0 Å². The van der Waals surface area contributed by atoms with Crippen LogP contribution in [0, 0.1) is 5.92 Å². The van der Waals surface area contributed by atoms with Crippen LogP contribution < -0.4 is 0 Å². The number of fused-ring (bicyclic) bond motifs is 5. The van der Waals surface area contributed by atoms with Crippen LogP contribution in [0.3, 0.4) is 0 Å². The molecule has 2 aromatic rings. The highest BCUT2D eigenvalue weighted by Crippen LogP contribution is 2.52. The maximum Gasteiger partial charge on any atom is 0.0102 e. The summed E-state index contributed by atoms with van der Waals surface area (Å²) in [5.74, 6) is 1.43. The molecule has 0 saturated heterocycles. The minimum atomic E-state index is 0. The number of hydrogen-bond donors (Lipinski definition) is 0. The molecule has 2 unspecified atom stereocenters. The van der Waals surface area contributed by atoms with Gasteiger partial charge in [-0.15, -0.1) is 0 Å². The van der Waals surface area contributed by atoms with Gasteiger partial charge in [0.15, 0.2) is 0 Å². The van der Waals surface area contributed by atoms with Gasteiger partial charge >= 0.3 is 0 Å². The fraction of sp³-hybridized carbons (Fsp3) is 0.419. The second-order valence-electron chi connectivity index (χ2n) is 9.48. The third-order valence-electron chi connectivity index (χ3n) is 7.76. The zero-order valence-electron chi connectivity index (χ0n) is 18.6. The van der Waals surface area contributed by atoms with Crippen LogP contribution in [0.4, 0.5) is 0 Å². The van der Waals surface area contributed by atoms with E-state index in [9.17, 15) is 0 Å². The summed E-state index contributed by atoms with van der Waals surface area (Å²) in [6.45, 7) is 9.04. The van der Waals surface area contributed by atoms with Crippen molar-refractivity contribution < 1.29 is 0 Å². The monoisotopic (exact) mass is 410 g/mol. The van der Waals surface area contributed by atoms with E-state index in [1.54, 1.807) is 22.3 Å². The van der Waals surface area contributed by atoms with Crippen LogP contribution in [0.2, 0.25) is 0 Å². The highest BCUT2D eigenvalue weighted by atomic mass is 14.4. The van der Waals surface area contributed by atoms with Gasteiger partial charge in [-0.05, 0) is 94.2 Å². The SMILES string of the molecule is C.C=C1CCc2c1ccc1c2-c2cc(C3=CC=CC3)ccc2C1CCC(CC)CCC. The molecule has 162 valence electrons. The van der Waals surface area contributed by atoms with Gasteiger partial charge in [0, 0.05) is 5.92 Å². The topological polar surface area (TPSA) is 0 Å². The molecular formula is C31H38. The standard InChI is InChI=1S/C30H34.CH4/c1-4-8-21(5-2)12-15-25-26-16-13-23(22-9-6-7-10-22)19-29(26)30-27-14-11-20(3)24(27)17-18-28(25)30;/h6-7,9,13,16-19,21,25H,3-5,8,10-12,14-15H2,1-2H3;1H4. The Bertz CT molecular complexity index is 1050. The van der Waals surface area contributed by atoms with Gasteiger partial charge in [-0.25, -0.2) is 0 Å². The molecule has 0 aliphatic heterocycles. The quantitative estimate of drug-likeness (QED) is 0.426. The zero-order chi connectivity index (χ0) is 20.7. The Morgan fingerprint density at radius 2 is 1.84 bits per heavy atom. The van der Waals surface area contributed by atoms with Gasteiger partial charge in [-0.3, -0.25) is 0 Å². The molecule has 2 atom stereocenters. The van der Waals surface area contributed by atoms with E-state index >= 15 is 0 Å². The Labute approximate surface area is 189 Å². The van der Waals surface area contributed by atoms with Crippen LogP contribution in [0.25, 0.3) is 22.3 Å². The van der Waals surface area contributed by atoms with Gasteiger partial charge in [-0.1, -0.05) is 89.6 Å². The van der Waals surface area contributed by atoms with Crippen LogP contribution in [0.15, 0.2) is 55.1 Å². The summed E-state index contributed by atoms with van der Waals surface area (Å²) < 4.78 is 0. The van der Waals surface area contributed by atoms with E-state index in [0.29, 0.717) is 5.92 Å². The molecule has 2 aromatic carbocycles. The molecule has 3 aliphatic rings. The van der Waals surface area contributed by atoms with E-state index in [-0.39, 0.29) is 7.43 Å². The zero-order valence-corrected chi connectivity index (χ0v) is 18.6. The molecule has 3 aliphatic carbocycles. The average molecular weight is 411 g/mol. The molecule has 0 heteroatoms. The van der Waals surface area contributed by atoms with Gasteiger partial charge in [-0.2, -0.15) is 0 Å². The Morgan fingerprint density at radius 1 is 1.00 bits per heavy atom. The third-order valence-corrected chi connectivity index (χ3v) is 7.76. The van der Waals surface area contributed by atoms with Crippen LogP contribution in [0.5, 0.6) is 0 Å². The minimum absolute atomic E-state index is 0. The Balaban J connectivity index is 0.00000231. The average Bonchev–Trinajstić information content (AvgIpc) is 3.49. The molecule has 0 amide bonds. The second-order valence-corrected chi connectivity index (χ2v) is 9.48.